The van der Waals surface area contributed by atoms with Crippen molar-refractivity contribution < 1.29 is 4.79 Å². The van der Waals surface area contributed by atoms with Crippen molar-refractivity contribution in [2.24, 2.45) is 4.99 Å². The molecule has 1 rings (SSSR count). The van der Waals surface area contributed by atoms with E-state index in [0.717, 1.165) is 6.42 Å². The van der Waals surface area contributed by atoms with Crippen LogP contribution >= 0.6 is 22.6 Å². The van der Waals surface area contributed by atoms with E-state index in [1.165, 1.54) is 19.3 Å². The maximum atomic E-state index is 9.92. The van der Waals surface area contributed by atoms with Crippen molar-refractivity contribution in [2.45, 2.75) is 35.6 Å². The van der Waals surface area contributed by atoms with Crippen LogP contribution in [0.3, 0.4) is 0 Å². The fourth-order valence-electron chi connectivity index (χ4n) is 1.28. The van der Waals surface area contributed by atoms with Crippen LogP contribution in [0, 0.1) is 0 Å². The van der Waals surface area contributed by atoms with E-state index in [4.69, 9.17) is 0 Å². The molecule has 0 aliphatic heterocycles. The van der Waals surface area contributed by atoms with Crippen molar-refractivity contribution in [1.82, 2.24) is 0 Å². The highest BCUT2D eigenvalue weighted by molar-refractivity contribution is 14.1. The van der Waals surface area contributed by atoms with Crippen LogP contribution in [0.25, 0.3) is 0 Å². The molecule has 0 aromatic heterocycles. The Kier molecular flexibility index (Phi) is 3.35. The first kappa shape index (κ1) is 8.21. The molecule has 2 nitrogen and oxygen atoms in total. The van der Waals surface area contributed by atoms with Crippen molar-refractivity contribution in [1.29, 1.82) is 0 Å². The fourth-order valence-corrected chi connectivity index (χ4v) is 2.24. The molecule has 56 valence electrons. The average molecular weight is 251 g/mol. The molecule has 0 saturated heterocycles. The van der Waals surface area contributed by atoms with Gasteiger partial charge in [0.1, 0.15) is 0 Å². The minimum absolute atomic E-state index is 0.256. The Morgan fingerprint density at radius 3 is 2.70 bits per heavy atom. The van der Waals surface area contributed by atoms with Crippen molar-refractivity contribution >= 4 is 28.7 Å². The second-order valence-corrected chi connectivity index (χ2v) is 4.19. The van der Waals surface area contributed by atoms with Gasteiger partial charge in [-0.25, -0.2) is 9.79 Å². The number of nitrogens with zero attached hydrogens (tertiary/aromatic N) is 1. The second-order valence-electron chi connectivity index (χ2n) is 2.59. The zero-order valence-electron chi connectivity index (χ0n) is 5.72. The quantitative estimate of drug-likeness (QED) is 0.303. The number of halogens is 1. The largest absolute Gasteiger partial charge is 0.235 e. The normalized spacial score (nSPS) is 32.9. The summed E-state index contributed by atoms with van der Waals surface area (Å²) in [5, 5.41) is 0. The van der Waals surface area contributed by atoms with Gasteiger partial charge in [-0.05, 0) is 12.8 Å². The highest BCUT2D eigenvalue weighted by Gasteiger charge is 2.21. The van der Waals surface area contributed by atoms with Gasteiger partial charge in [-0.1, -0.05) is 35.4 Å². The summed E-state index contributed by atoms with van der Waals surface area (Å²) in [6.45, 7) is 0. The molecule has 0 unspecified atom stereocenters. The summed E-state index contributed by atoms with van der Waals surface area (Å²) in [5.74, 6) is 0. The van der Waals surface area contributed by atoms with Gasteiger partial charge in [-0.15, -0.1) is 0 Å². The van der Waals surface area contributed by atoms with Gasteiger partial charge in [0.2, 0.25) is 6.08 Å². The number of alkyl halides is 1. The Hall–Kier alpha value is 0.110. The smallest absolute Gasteiger partial charge is 0.211 e. The Balaban J connectivity index is 2.47. The maximum Gasteiger partial charge on any atom is 0.235 e. The van der Waals surface area contributed by atoms with Gasteiger partial charge < -0.3 is 0 Å². The summed E-state index contributed by atoms with van der Waals surface area (Å²) < 4.78 is 0.563. The predicted molar refractivity (Wildman–Crippen MR) is 48.2 cm³/mol. The van der Waals surface area contributed by atoms with Gasteiger partial charge in [-0.2, -0.15) is 0 Å². The molecule has 0 radical (unpaired) electrons. The lowest BCUT2D eigenvalue weighted by Gasteiger charge is -2.21. The van der Waals surface area contributed by atoms with Crippen LogP contribution in [0.1, 0.15) is 25.7 Å². The Morgan fingerprint density at radius 1 is 1.40 bits per heavy atom. The molecule has 0 bridgehead atoms. The van der Waals surface area contributed by atoms with Gasteiger partial charge in [0.15, 0.2) is 0 Å². The van der Waals surface area contributed by atoms with Crippen molar-refractivity contribution in [3.63, 3.8) is 0 Å². The Labute approximate surface area is 74.2 Å². The molecule has 1 saturated carbocycles. The van der Waals surface area contributed by atoms with E-state index in [1.54, 1.807) is 6.08 Å². The van der Waals surface area contributed by atoms with Crippen LogP contribution in [0.2, 0.25) is 0 Å². The van der Waals surface area contributed by atoms with Crippen molar-refractivity contribution in [3.8, 4) is 0 Å². The summed E-state index contributed by atoms with van der Waals surface area (Å²) >= 11 is 2.37. The first-order chi connectivity index (χ1) is 4.84. The maximum absolute atomic E-state index is 9.92. The Bertz CT molecular complexity index is 154. The molecule has 3 heteroatoms. The minimum atomic E-state index is 0.256. The highest BCUT2D eigenvalue weighted by Crippen LogP contribution is 2.26. The van der Waals surface area contributed by atoms with E-state index in [-0.39, 0.29) is 6.04 Å². The van der Waals surface area contributed by atoms with Gasteiger partial charge in [0, 0.05) is 3.92 Å². The molecule has 10 heavy (non-hydrogen) atoms. The zero-order chi connectivity index (χ0) is 7.40. The number of rotatable bonds is 1. The van der Waals surface area contributed by atoms with E-state index in [0.29, 0.717) is 3.92 Å². The van der Waals surface area contributed by atoms with Crippen molar-refractivity contribution in [2.75, 3.05) is 0 Å². The molecular weight excluding hydrogens is 241 g/mol. The predicted octanol–water partition coefficient (Wildman–Crippen LogP) is 2.07. The lowest BCUT2D eigenvalue weighted by molar-refractivity contribution is 0.461. The third kappa shape index (κ3) is 2.06. The first-order valence-corrected chi connectivity index (χ1v) is 4.80. The summed E-state index contributed by atoms with van der Waals surface area (Å²) in [6, 6.07) is 0.256. The third-order valence-corrected chi connectivity index (χ3v) is 3.32. The Morgan fingerprint density at radius 2 is 2.10 bits per heavy atom. The van der Waals surface area contributed by atoms with Gasteiger partial charge >= 0.3 is 0 Å². The molecule has 1 aliphatic carbocycles. The fraction of sp³-hybridized carbons (Fsp3) is 0.857. The average Bonchev–Trinajstić information content (AvgIpc) is 1.94. The summed E-state index contributed by atoms with van der Waals surface area (Å²) in [5.41, 5.74) is 0. The van der Waals surface area contributed by atoms with Crippen LogP contribution in [0.5, 0.6) is 0 Å². The van der Waals surface area contributed by atoms with Crippen molar-refractivity contribution in [3.05, 3.63) is 0 Å². The van der Waals surface area contributed by atoms with E-state index in [2.05, 4.69) is 27.6 Å². The zero-order valence-corrected chi connectivity index (χ0v) is 7.87. The minimum Gasteiger partial charge on any atom is -0.211 e. The molecule has 0 amide bonds. The van der Waals surface area contributed by atoms with Crippen LogP contribution in [-0.4, -0.2) is 16.0 Å². The van der Waals surface area contributed by atoms with Crippen LogP contribution in [0.4, 0.5) is 0 Å². The van der Waals surface area contributed by atoms with Crippen LogP contribution in [-0.2, 0) is 4.79 Å². The standard InChI is InChI=1S/C7H10INO/c8-6-3-1-2-4-7(6)9-5-10/h6-7H,1-4H2/t6-,7-/m1/s1. The molecule has 0 spiro atoms. The monoisotopic (exact) mass is 251 g/mol. The molecule has 0 aromatic rings. The van der Waals surface area contributed by atoms with E-state index >= 15 is 0 Å². The highest BCUT2D eigenvalue weighted by atomic mass is 127. The molecule has 2 atom stereocenters. The van der Waals surface area contributed by atoms with E-state index in [9.17, 15) is 4.79 Å². The van der Waals surface area contributed by atoms with E-state index < -0.39 is 0 Å². The summed E-state index contributed by atoms with van der Waals surface area (Å²) in [6.07, 6.45) is 6.42. The molecule has 0 heterocycles. The topological polar surface area (TPSA) is 29.4 Å². The summed E-state index contributed by atoms with van der Waals surface area (Å²) in [4.78, 5) is 13.7. The van der Waals surface area contributed by atoms with E-state index in [1.807, 2.05) is 0 Å². The third-order valence-electron chi connectivity index (χ3n) is 1.87. The number of aliphatic imine (C=N–C) groups is 1. The molecule has 0 N–H and O–H groups in total. The van der Waals surface area contributed by atoms with Gasteiger partial charge in [0.05, 0.1) is 6.04 Å². The molecular formula is C7H10INO. The lowest BCUT2D eigenvalue weighted by atomic mass is 9.96. The lowest BCUT2D eigenvalue weighted by Crippen LogP contribution is -2.22. The van der Waals surface area contributed by atoms with Crippen LogP contribution < -0.4 is 0 Å². The van der Waals surface area contributed by atoms with Crippen LogP contribution in [0.15, 0.2) is 4.99 Å². The summed E-state index contributed by atoms with van der Waals surface area (Å²) in [7, 11) is 0. The van der Waals surface area contributed by atoms with Gasteiger partial charge in [-0.3, -0.25) is 0 Å². The number of hydrogen-bond acceptors (Lipinski definition) is 2. The second kappa shape index (κ2) is 4.09. The van der Waals surface area contributed by atoms with Gasteiger partial charge in [0.25, 0.3) is 0 Å². The first-order valence-electron chi connectivity index (χ1n) is 3.55. The SMILES string of the molecule is O=C=N[C@@H]1CCCC[C@H]1I. The number of hydrogen-bond donors (Lipinski definition) is 0. The number of carbonyl (C=O) groups excluding carboxylic acids is 1. The number of isocyanates is 1. The molecule has 1 aliphatic rings. The molecule has 1 fully saturated rings. The molecule has 0 aromatic carbocycles.